The molecule has 2 aromatic heterocycles. The summed E-state index contributed by atoms with van der Waals surface area (Å²) < 4.78 is 2.15. The highest BCUT2D eigenvalue weighted by atomic mass is 15.2. The van der Waals surface area contributed by atoms with Crippen molar-refractivity contribution in [2.75, 3.05) is 13.1 Å². The molecule has 0 aliphatic heterocycles. The first kappa shape index (κ1) is 21.7. The van der Waals surface area contributed by atoms with E-state index in [0.717, 1.165) is 37.8 Å². The van der Waals surface area contributed by atoms with Crippen molar-refractivity contribution in [2.24, 2.45) is 4.99 Å². The van der Waals surface area contributed by atoms with E-state index in [1.54, 1.807) is 0 Å². The van der Waals surface area contributed by atoms with Gasteiger partial charge in [-0.2, -0.15) is 0 Å². The third-order valence-corrected chi connectivity index (χ3v) is 5.64. The van der Waals surface area contributed by atoms with Crippen molar-refractivity contribution in [3.8, 4) is 0 Å². The molecule has 0 aliphatic rings. The van der Waals surface area contributed by atoms with Crippen LogP contribution >= 0.6 is 0 Å². The van der Waals surface area contributed by atoms with E-state index in [2.05, 4.69) is 87.7 Å². The van der Waals surface area contributed by atoms with Crippen molar-refractivity contribution in [3.63, 3.8) is 0 Å². The van der Waals surface area contributed by atoms with E-state index in [1.807, 2.05) is 19.3 Å². The standard InChI is InChI=1S/C26H32N6/c1-4-27-26(29-11-10-23-17-30-25-14-19(2)8-9-24(23)25)31-16-21-6-5-7-22(15-21)18-32-13-12-28-20(32)3/h5-9,12-15,17,30H,4,10-11,16,18H2,1-3H3,(H2,27,29,31). The fourth-order valence-corrected chi connectivity index (χ4v) is 3.93. The maximum absolute atomic E-state index is 4.80. The summed E-state index contributed by atoms with van der Waals surface area (Å²) in [5, 5.41) is 8.13. The van der Waals surface area contributed by atoms with Gasteiger partial charge in [0.2, 0.25) is 0 Å². The summed E-state index contributed by atoms with van der Waals surface area (Å²) in [5.74, 6) is 1.87. The molecule has 32 heavy (non-hydrogen) atoms. The van der Waals surface area contributed by atoms with E-state index in [1.165, 1.54) is 33.2 Å². The van der Waals surface area contributed by atoms with Gasteiger partial charge in [0.1, 0.15) is 5.82 Å². The van der Waals surface area contributed by atoms with Crippen LogP contribution in [0, 0.1) is 13.8 Å². The van der Waals surface area contributed by atoms with E-state index in [0.29, 0.717) is 6.54 Å². The lowest BCUT2D eigenvalue weighted by atomic mass is 10.1. The number of nitrogens with one attached hydrogen (secondary N) is 3. The number of hydrogen-bond donors (Lipinski definition) is 3. The second kappa shape index (κ2) is 10.2. The van der Waals surface area contributed by atoms with Crippen LogP contribution in [0.25, 0.3) is 10.9 Å². The lowest BCUT2D eigenvalue weighted by Crippen LogP contribution is -2.38. The average Bonchev–Trinajstić information content (AvgIpc) is 3.38. The van der Waals surface area contributed by atoms with Crippen LogP contribution in [0.2, 0.25) is 0 Å². The molecule has 166 valence electrons. The van der Waals surface area contributed by atoms with Crippen LogP contribution < -0.4 is 10.6 Å². The topological polar surface area (TPSA) is 70.0 Å². The van der Waals surface area contributed by atoms with E-state index in [-0.39, 0.29) is 0 Å². The van der Waals surface area contributed by atoms with E-state index in [9.17, 15) is 0 Å². The van der Waals surface area contributed by atoms with Gasteiger partial charge in [0.15, 0.2) is 5.96 Å². The van der Waals surface area contributed by atoms with E-state index in [4.69, 9.17) is 4.99 Å². The van der Waals surface area contributed by atoms with Crippen molar-refractivity contribution in [1.29, 1.82) is 0 Å². The van der Waals surface area contributed by atoms with Gasteiger partial charge < -0.3 is 20.2 Å². The molecule has 0 bridgehead atoms. The third-order valence-electron chi connectivity index (χ3n) is 5.64. The van der Waals surface area contributed by atoms with Gasteiger partial charge in [-0.1, -0.05) is 36.4 Å². The SMILES string of the molecule is CCNC(=NCc1cccc(Cn2ccnc2C)c1)NCCc1c[nH]c2cc(C)ccc12. The molecule has 0 saturated heterocycles. The minimum absolute atomic E-state index is 0.637. The molecule has 0 unspecified atom stereocenters. The van der Waals surface area contributed by atoms with Crippen LogP contribution in [0.3, 0.4) is 0 Å². The largest absolute Gasteiger partial charge is 0.361 e. The average molecular weight is 429 g/mol. The Hall–Kier alpha value is -3.54. The number of benzene rings is 2. The van der Waals surface area contributed by atoms with Gasteiger partial charge in [-0.3, -0.25) is 0 Å². The molecule has 6 heteroatoms. The molecule has 2 heterocycles. The molecule has 3 N–H and O–H groups in total. The van der Waals surface area contributed by atoms with Gasteiger partial charge in [-0.15, -0.1) is 0 Å². The summed E-state index contributed by atoms with van der Waals surface area (Å²) >= 11 is 0. The number of guanidine groups is 1. The first-order valence-electron chi connectivity index (χ1n) is 11.3. The second-order valence-corrected chi connectivity index (χ2v) is 8.16. The van der Waals surface area contributed by atoms with Gasteiger partial charge >= 0.3 is 0 Å². The van der Waals surface area contributed by atoms with Crippen LogP contribution in [-0.4, -0.2) is 33.6 Å². The zero-order valence-corrected chi connectivity index (χ0v) is 19.2. The molecular weight excluding hydrogens is 396 g/mol. The lowest BCUT2D eigenvalue weighted by molar-refractivity contribution is 0.760. The molecule has 6 nitrogen and oxygen atoms in total. The molecule has 0 atom stereocenters. The molecule has 0 spiro atoms. The number of aliphatic imine (C=N–C) groups is 1. The van der Waals surface area contributed by atoms with Crippen molar-refractivity contribution in [2.45, 2.75) is 40.3 Å². The minimum Gasteiger partial charge on any atom is -0.361 e. The van der Waals surface area contributed by atoms with Crippen LogP contribution in [0.5, 0.6) is 0 Å². The van der Waals surface area contributed by atoms with E-state index < -0.39 is 0 Å². The molecular formula is C26H32N6. The zero-order valence-electron chi connectivity index (χ0n) is 19.2. The number of fused-ring (bicyclic) bond motifs is 1. The maximum atomic E-state index is 4.80. The number of aryl methyl sites for hydroxylation is 2. The molecule has 2 aromatic carbocycles. The number of aromatic amines is 1. The molecule has 4 aromatic rings. The highest BCUT2D eigenvalue weighted by molar-refractivity contribution is 5.84. The van der Waals surface area contributed by atoms with Crippen LogP contribution in [0.1, 0.15) is 35.0 Å². The van der Waals surface area contributed by atoms with Crippen molar-refractivity contribution in [3.05, 3.63) is 89.1 Å². The van der Waals surface area contributed by atoms with Crippen molar-refractivity contribution in [1.82, 2.24) is 25.2 Å². The number of rotatable bonds is 8. The van der Waals surface area contributed by atoms with Crippen molar-refractivity contribution < 1.29 is 0 Å². The smallest absolute Gasteiger partial charge is 0.191 e. The number of H-pyrrole nitrogens is 1. The molecule has 0 radical (unpaired) electrons. The minimum atomic E-state index is 0.637. The quantitative estimate of drug-likeness (QED) is 0.289. The Morgan fingerprint density at radius 3 is 2.78 bits per heavy atom. The molecule has 4 rings (SSSR count). The number of aromatic nitrogens is 3. The molecule has 0 aliphatic carbocycles. The van der Waals surface area contributed by atoms with Gasteiger partial charge in [-0.25, -0.2) is 9.98 Å². The predicted molar refractivity (Wildman–Crippen MR) is 132 cm³/mol. The summed E-state index contributed by atoms with van der Waals surface area (Å²) in [4.78, 5) is 12.5. The number of nitrogens with zero attached hydrogens (tertiary/aromatic N) is 3. The van der Waals surface area contributed by atoms with E-state index >= 15 is 0 Å². The summed E-state index contributed by atoms with van der Waals surface area (Å²) in [6.07, 6.45) is 6.91. The fraction of sp³-hybridized carbons (Fsp3) is 0.308. The fourth-order valence-electron chi connectivity index (χ4n) is 3.93. The predicted octanol–water partition coefficient (Wildman–Crippen LogP) is 4.33. The highest BCUT2D eigenvalue weighted by Crippen LogP contribution is 2.19. The zero-order chi connectivity index (χ0) is 22.3. The maximum Gasteiger partial charge on any atom is 0.191 e. The third kappa shape index (κ3) is 5.38. The Bertz CT molecular complexity index is 1200. The number of imidazole rings is 1. The summed E-state index contributed by atoms with van der Waals surface area (Å²) in [5.41, 5.74) is 6.25. The Labute approximate surface area is 189 Å². The Morgan fingerprint density at radius 2 is 1.97 bits per heavy atom. The normalized spacial score (nSPS) is 11.8. The summed E-state index contributed by atoms with van der Waals surface area (Å²) in [6, 6.07) is 15.2. The Kier molecular flexibility index (Phi) is 6.90. The van der Waals surface area contributed by atoms with Gasteiger partial charge in [-0.05, 0) is 55.5 Å². The lowest BCUT2D eigenvalue weighted by Gasteiger charge is -2.12. The first-order valence-corrected chi connectivity index (χ1v) is 11.3. The Balaban J connectivity index is 1.36. The monoisotopic (exact) mass is 428 g/mol. The summed E-state index contributed by atoms with van der Waals surface area (Å²) in [6.45, 7) is 9.36. The highest BCUT2D eigenvalue weighted by Gasteiger charge is 2.05. The number of hydrogen-bond acceptors (Lipinski definition) is 2. The van der Waals surface area contributed by atoms with Gasteiger partial charge in [0.25, 0.3) is 0 Å². The van der Waals surface area contributed by atoms with Crippen LogP contribution in [-0.2, 0) is 19.5 Å². The molecule has 0 saturated carbocycles. The van der Waals surface area contributed by atoms with Crippen LogP contribution in [0.15, 0.2) is 66.0 Å². The molecule has 0 amide bonds. The van der Waals surface area contributed by atoms with Crippen LogP contribution in [0.4, 0.5) is 0 Å². The van der Waals surface area contributed by atoms with Crippen molar-refractivity contribution >= 4 is 16.9 Å². The summed E-state index contributed by atoms with van der Waals surface area (Å²) in [7, 11) is 0. The molecule has 0 fully saturated rings. The van der Waals surface area contributed by atoms with Gasteiger partial charge in [0, 0.05) is 49.1 Å². The second-order valence-electron chi connectivity index (χ2n) is 8.16. The van der Waals surface area contributed by atoms with Gasteiger partial charge in [0.05, 0.1) is 6.54 Å². The first-order chi connectivity index (χ1) is 15.6. The Morgan fingerprint density at radius 1 is 1.09 bits per heavy atom.